The molecule has 6 nitrogen and oxygen atoms in total. The van der Waals surface area contributed by atoms with E-state index in [0.717, 1.165) is 25.0 Å². The summed E-state index contributed by atoms with van der Waals surface area (Å²) in [6.07, 6.45) is 2.37. The zero-order valence-electron chi connectivity index (χ0n) is 14.8. The molecule has 1 aromatic carbocycles. The highest BCUT2D eigenvalue weighted by Gasteiger charge is 2.41. The van der Waals surface area contributed by atoms with Gasteiger partial charge in [-0.3, -0.25) is 9.59 Å². The molecule has 1 saturated heterocycles. The number of nitrogens with one attached hydrogen (secondary N) is 1. The van der Waals surface area contributed by atoms with Crippen molar-refractivity contribution in [2.75, 3.05) is 26.8 Å². The molecule has 2 aliphatic heterocycles. The van der Waals surface area contributed by atoms with E-state index in [0.29, 0.717) is 25.4 Å². The number of methoxy groups -OCH3 is 1. The Balaban J connectivity index is 1.54. The third-order valence-corrected chi connectivity index (χ3v) is 5.41. The number of piperidine rings is 1. The molecule has 136 valence electrons. The SMILES string of the molecule is COc1ccc2c(c1)CCOC21CCN(C(=O)c2cccc(=O)[nH]2)CC1. The lowest BCUT2D eigenvalue weighted by Gasteiger charge is -2.45. The van der Waals surface area contributed by atoms with Crippen LogP contribution in [0.4, 0.5) is 0 Å². The summed E-state index contributed by atoms with van der Waals surface area (Å²) in [7, 11) is 1.68. The average molecular weight is 354 g/mol. The fraction of sp³-hybridized carbons (Fsp3) is 0.400. The lowest BCUT2D eigenvalue weighted by molar-refractivity contribution is -0.0935. The summed E-state index contributed by atoms with van der Waals surface area (Å²) in [5.41, 5.74) is 2.22. The first kappa shape index (κ1) is 16.8. The van der Waals surface area contributed by atoms with E-state index >= 15 is 0 Å². The molecule has 0 radical (unpaired) electrons. The molecule has 0 bridgehead atoms. The van der Waals surface area contributed by atoms with Gasteiger partial charge in [0, 0.05) is 19.2 Å². The number of amides is 1. The Bertz CT molecular complexity index is 881. The number of rotatable bonds is 2. The van der Waals surface area contributed by atoms with Crippen molar-refractivity contribution in [1.29, 1.82) is 0 Å². The first-order valence-corrected chi connectivity index (χ1v) is 8.91. The summed E-state index contributed by atoms with van der Waals surface area (Å²) < 4.78 is 11.6. The molecular formula is C20H22N2O4. The molecule has 1 spiro atoms. The number of H-pyrrole nitrogens is 1. The Labute approximate surface area is 151 Å². The van der Waals surface area contributed by atoms with Crippen LogP contribution in [-0.4, -0.2) is 42.6 Å². The molecule has 2 aromatic rings. The molecule has 26 heavy (non-hydrogen) atoms. The predicted octanol–water partition coefficient (Wildman–Crippen LogP) is 2.09. The number of ether oxygens (including phenoxy) is 2. The zero-order valence-corrected chi connectivity index (χ0v) is 14.8. The van der Waals surface area contributed by atoms with Crippen LogP contribution in [0.15, 0.2) is 41.2 Å². The van der Waals surface area contributed by atoms with Crippen molar-refractivity contribution >= 4 is 5.91 Å². The number of likely N-dealkylation sites (tertiary alicyclic amines) is 1. The second-order valence-electron chi connectivity index (χ2n) is 6.84. The maximum absolute atomic E-state index is 12.7. The van der Waals surface area contributed by atoms with Gasteiger partial charge in [0.2, 0.25) is 5.56 Å². The van der Waals surface area contributed by atoms with Gasteiger partial charge in [0.05, 0.1) is 19.3 Å². The Morgan fingerprint density at radius 2 is 2.04 bits per heavy atom. The highest BCUT2D eigenvalue weighted by molar-refractivity contribution is 5.92. The lowest BCUT2D eigenvalue weighted by atomic mass is 9.79. The van der Waals surface area contributed by atoms with Gasteiger partial charge in [-0.05, 0) is 48.6 Å². The van der Waals surface area contributed by atoms with Crippen molar-refractivity contribution in [3.05, 3.63) is 63.6 Å². The highest BCUT2D eigenvalue weighted by Crippen LogP contribution is 2.42. The number of carbonyl (C=O) groups excluding carboxylic acids is 1. The monoisotopic (exact) mass is 354 g/mol. The van der Waals surface area contributed by atoms with E-state index in [-0.39, 0.29) is 17.1 Å². The lowest BCUT2D eigenvalue weighted by Crippen LogP contribution is -2.48. The third-order valence-electron chi connectivity index (χ3n) is 5.41. The third kappa shape index (κ3) is 2.90. The molecule has 1 N–H and O–H groups in total. The summed E-state index contributed by atoms with van der Waals surface area (Å²) in [6, 6.07) is 10.8. The molecule has 6 heteroatoms. The zero-order chi connectivity index (χ0) is 18.1. The molecule has 4 rings (SSSR count). The van der Waals surface area contributed by atoms with Crippen LogP contribution in [0.5, 0.6) is 5.75 Å². The number of hydrogen-bond donors (Lipinski definition) is 1. The van der Waals surface area contributed by atoms with Gasteiger partial charge in [-0.15, -0.1) is 0 Å². The summed E-state index contributed by atoms with van der Waals surface area (Å²) >= 11 is 0. The second kappa shape index (κ2) is 6.61. The largest absolute Gasteiger partial charge is 0.497 e. The van der Waals surface area contributed by atoms with Gasteiger partial charge < -0.3 is 19.4 Å². The minimum Gasteiger partial charge on any atom is -0.497 e. The molecule has 2 aliphatic rings. The normalized spacial score (nSPS) is 18.4. The summed E-state index contributed by atoms with van der Waals surface area (Å²) in [5.74, 6) is 0.727. The van der Waals surface area contributed by atoms with Gasteiger partial charge in [0.15, 0.2) is 0 Å². The van der Waals surface area contributed by atoms with Crippen LogP contribution < -0.4 is 10.3 Å². The van der Waals surface area contributed by atoms with Crippen LogP contribution in [0.25, 0.3) is 0 Å². The summed E-state index contributed by atoms with van der Waals surface area (Å²) in [4.78, 5) is 28.5. The summed E-state index contributed by atoms with van der Waals surface area (Å²) in [5, 5.41) is 0. The molecule has 1 aromatic heterocycles. The van der Waals surface area contributed by atoms with Crippen molar-refractivity contribution in [1.82, 2.24) is 9.88 Å². The van der Waals surface area contributed by atoms with Crippen LogP contribution in [0.3, 0.4) is 0 Å². The first-order valence-electron chi connectivity index (χ1n) is 8.91. The topological polar surface area (TPSA) is 71.6 Å². The standard InChI is InChI=1S/C20H22N2O4/c1-25-15-5-6-16-14(13-15)7-12-26-20(16)8-10-22(11-9-20)19(24)17-3-2-4-18(23)21-17/h2-6,13H,7-12H2,1H3,(H,21,23). The van der Waals surface area contributed by atoms with Gasteiger partial charge >= 0.3 is 0 Å². The number of hydrogen-bond acceptors (Lipinski definition) is 4. The quantitative estimate of drug-likeness (QED) is 0.896. The maximum atomic E-state index is 12.7. The van der Waals surface area contributed by atoms with E-state index in [4.69, 9.17) is 9.47 Å². The van der Waals surface area contributed by atoms with Crippen LogP contribution >= 0.6 is 0 Å². The predicted molar refractivity (Wildman–Crippen MR) is 96.5 cm³/mol. The van der Waals surface area contributed by atoms with E-state index in [1.165, 1.54) is 17.2 Å². The van der Waals surface area contributed by atoms with Crippen molar-refractivity contribution < 1.29 is 14.3 Å². The van der Waals surface area contributed by atoms with Crippen molar-refractivity contribution in [3.63, 3.8) is 0 Å². The molecular weight excluding hydrogens is 332 g/mol. The van der Waals surface area contributed by atoms with Crippen molar-refractivity contribution in [2.45, 2.75) is 24.9 Å². The number of fused-ring (bicyclic) bond motifs is 2. The molecule has 0 atom stereocenters. The number of pyridine rings is 1. The summed E-state index contributed by atoms with van der Waals surface area (Å²) in [6.45, 7) is 1.88. The molecule has 0 saturated carbocycles. The first-order chi connectivity index (χ1) is 12.6. The Kier molecular flexibility index (Phi) is 4.28. The fourth-order valence-electron chi connectivity index (χ4n) is 4.01. The Morgan fingerprint density at radius 1 is 1.23 bits per heavy atom. The molecule has 1 fully saturated rings. The second-order valence-corrected chi connectivity index (χ2v) is 6.84. The number of benzene rings is 1. The molecule has 0 aliphatic carbocycles. The number of nitrogens with zero attached hydrogens (tertiary/aromatic N) is 1. The van der Waals surface area contributed by atoms with Crippen LogP contribution in [0, 0.1) is 0 Å². The van der Waals surface area contributed by atoms with Gasteiger partial charge in [0.25, 0.3) is 5.91 Å². The maximum Gasteiger partial charge on any atom is 0.270 e. The minimum absolute atomic E-state index is 0.136. The van der Waals surface area contributed by atoms with Crippen LogP contribution in [0.1, 0.15) is 34.5 Å². The molecule has 3 heterocycles. The fourth-order valence-corrected chi connectivity index (χ4v) is 4.01. The van der Waals surface area contributed by atoms with E-state index < -0.39 is 0 Å². The number of aromatic amines is 1. The average Bonchev–Trinajstić information content (AvgIpc) is 2.68. The van der Waals surface area contributed by atoms with Crippen molar-refractivity contribution in [2.24, 2.45) is 0 Å². The van der Waals surface area contributed by atoms with Crippen molar-refractivity contribution in [3.8, 4) is 5.75 Å². The van der Waals surface area contributed by atoms with Gasteiger partial charge in [-0.1, -0.05) is 12.1 Å². The minimum atomic E-state index is -0.333. The van der Waals surface area contributed by atoms with E-state index in [2.05, 4.69) is 17.1 Å². The number of aromatic nitrogens is 1. The van der Waals surface area contributed by atoms with E-state index in [9.17, 15) is 9.59 Å². The molecule has 0 unspecified atom stereocenters. The van der Waals surface area contributed by atoms with E-state index in [1.54, 1.807) is 24.1 Å². The number of carbonyl (C=O) groups is 1. The highest BCUT2D eigenvalue weighted by atomic mass is 16.5. The smallest absolute Gasteiger partial charge is 0.270 e. The van der Waals surface area contributed by atoms with Gasteiger partial charge in [0.1, 0.15) is 11.4 Å². The van der Waals surface area contributed by atoms with Gasteiger partial charge in [-0.2, -0.15) is 0 Å². The Hall–Kier alpha value is -2.60. The molecule has 1 amide bonds. The van der Waals surface area contributed by atoms with Crippen LogP contribution in [0.2, 0.25) is 0 Å². The Morgan fingerprint density at radius 3 is 2.77 bits per heavy atom. The van der Waals surface area contributed by atoms with E-state index in [1.807, 2.05) is 6.07 Å². The van der Waals surface area contributed by atoms with Gasteiger partial charge in [-0.25, -0.2) is 0 Å². The van der Waals surface area contributed by atoms with Crippen LogP contribution in [-0.2, 0) is 16.8 Å².